The molecule has 0 saturated carbocycles. The number of ether oxygens (including phenoxy) is 1. The molecule has 10 heteroatoms. The van der Waals surface area contributed by atoms with Gasteiger partial charge in [0.1, 0.15) is 0 Å². The fraction of sp³-hybridized carbons (Fsp3) is 0.391. The summed E-state index contributed by atoms with van der Waals surface area (Å²) in [6.45, 7) is 6.58. The lowest BCUT2D eigenvalue weighted by atomic mass is 10.0. The number of sulfonamides is 1. The number of rotatable bonds is 7. The van der Waals surface area contributed by atoms with Crippen LogP contribution in [0.5, 0.6) is 0 Å². The predicted octanol–water partition coefficient (Wildman–Crippen LogP) is 3.24. The number of carbonyl (C=O) groups is 1. The van der Waals surface area contributed by atoms with E-state index in [0.29, 0.717) is 48.1 Å². The van der Waals surface area contributed by atoms with Gasteiger partial charge in [-0.05, 0) is 41.8 Å². The van der Waals surface area contributed by atoms with E-state index in [2.05, 4.69) is 18.6 Å². The van der Waals surface area contributed by atoms with E-state index in [-0.39, 0.29) is 28.6 Å². The molecule has 0 unspecified atom stereocenters. The zero-order valence-corrected chi connectivity index (χ0v) is 20.2. The first-order valence-electron chi connectivity index (χ1n) is 10.9. The first-order chi connectivity index (χ1) is 15.7. The van der Waals surface area contributed by atoms with Crippen molar-refractivity contribution in [3.05, 3.63) is 57.7 Å². The lowest BCUT2D eigenvalue weighted by Gasteiger charge is -2.26. The van der Waals surface area contributed by atoms with Crippen LogP contribution < -0.4 is 9.60 Å². The first-order valence-corrected chi connectivity index (χ1v) is 13.2. The topological polar surface area (TPSA) is 97.7 Å². The molecule has 1 aliphatic heterocycles. The number of anilines is 1. The standard InChI is InChI=1S/C23H27N3O5S2/c1-16(2)17-3-5-18(6-4-17)24-33(29,30)19-7-8-20-21(15-19)32-23(28)26(20)10-9-22(27)25-11-13-31-14-12-25/h3-8,15-16,24H,9-14H2,1-2H3. The summed E-state index contributed by atoms with van der Waals surface area (Å²) in [5.74, 6) is 0.338. The van der Waals surface area contributed by atoms with Gasteiger partial charge in [0.15, 0.2) is 0 Å². The van der Waals surface area contributed by atoms with Gasteiger partial charge in [-0.2, -0.15) is 0 Å². The molecule has 0 atom stereocenters. The number of hydrogen-bond acceptors (Lipinski definition) is 6. The maximum absolute atomic E-state index is 12.9. The molecule has 1 fully saturated rings. The van der Waals surface area contributed by atoms with Crippen LogP contribution in [0.2, 0.25) is 0 Å². The number of fused-ring (bicyclic) bond motifs is 1. The van der Waals surface area contributed by atoms with Crippen LogP contribution in [0.15, 0.2) is 52.2 Å². The number of carbonyl (C=O) groups excluding carboxylic acids is 1. The maximum Gasteiger partial charge on any atom is 0.308 e. The van der Waals surface area contributed by atoms with E-state index in [9.17, 15) is 18.0 Å². The van der Waals surface area contributed by atoms with Gasteiger partial charge in [-0.25, -0.2) is 8.42 Å². The van der Waals surface area contributed by atoms with Gasteiger partial charge in [0.25, 0.3) is 10.0 Å². The van der Waals surface area contributed by atoms with E-state index in [1.165, 1.54) is 16.7 Å². The Bertz CT molecular complexity index is 1300. The number of amides is 1. The smallest absolute Gasteiger partial charge is 0.308 e. The fourth-order valence-corrected chi connectivity index (χ4v) is 5.87. The van der Waals surface area contributed by atoms with E-state index in [4.69, 9.17) is 4.74 Å². The number of thiazole rings is 1. The quantitative estimate of drug-likeness (QED) is 0.550. The summed E-state index contributed by atoms with van der Waals surface area (Å²) in [6.07, 6.45) is 0.208. The molecule has 0 radical (unpaired) electrons. The Balaban J connectivity index is 1.51. The molecule has 0 aliphatic carbocycles. The SMILES string of the molecule is CC(C)c1ccc(NS(=O)(=O)c2ccc3c(c2)sc(=O)n3CCC(=O)N2CCOCC2)cc1. The minimum absolute atomic E-state index is 0.0172. The van der Waals surface area contributed by atoms with E-state index >= 15 is 0 Å². The van der Waals surface area contributed by atoms with Crippen molar-refractivity contribution in [2.75, 3.05) is 31.0 Å². The zero-order chi connectivity index (χ0) is 23.6. The Morgan fingerprint density at radius 3 is 2.48 bits per heavy atom. The van der Waals surface area contributed by atoms with Crippen LogP contribution in [0.25, 0.3) is 10.2 Å². The number of nitrogens with zero attached hydrogens (tertiary/aromatic N) is 2. The number of nitrogens with one attached hydrogen (secondary N) is 1. The molecule has 1 saturated heterocycles. The van der Waals surface area contributed by atoms with E-state index in [1.54, 1.807) is 23.1 Å². The van der Waals surface area contributed by atoms with Crippen LogP contribution in [-0.2, 0) is 26.1 Å². The summed E-state index contributed by atoms with van der Waals surface area (Å²) in [5.41, 5.74) is 2.23. The van der Waals surface area contributed by atoms with E-state index in [1.807, 2.05) is 12.1 Å². The Morgan fingerprint density at radius 2 is 1.82 bits per heavy atom. The molecule has 1 N–H and O–H groups in total. The molecule has 8 nitrogen and oxygen atoms in total. The van der Waals surface area contributed by atoms with E-state index < -0.39 is 10.0 Å². The second-order valence-corrected chi connectivity index (χ2v) is 11.0. The van der Waals surface area contributed by atoms with Crippen LogP contribution in [0.3, 0.4) is 0 Å². The summed E-state index contributed by atoms with van der Waals surface area (Å²) in [7, 11) is -3.81. The zero-order valence-electron chi connectivity index (χ0n) is 18.6. The van der Waals surface area contributed by atoms with Crippen molar-refractivity contribution in [1.29, 1.82) is 0 Å². The highest BCUT2D eigenvalue weighted by Gasteiger charge is 2.20. The number of aryl methyl sites for hydroxylation is 1. The summed E-state index contributed by atoms with van der Waals surface area (Å²) in [4.78, 5) is 26.6. The summed E-state index contributed by atoms with van der Waals surface area (Å²) in [5, 5.41) is 0. The van der Waals surface area contributed by atoms with Gasteiger partial charge in [-0.1, -0.05) is 37.3 Å². The molecule has 2 heterocycles. The average Bonchev–Trinajstić information content (AvgIpc) is 3.12. The number of benzene rings is 2. The van der Waals surface area contributed by atoms with Gasteiger partial charge in [-0.15, -0.1) is 0 Å². The molecule has 0 spiro atoms. The second-order valence-electron chi connectivity index (χ2n) is 8.27. The summed E-state index contributed by atoms with van der Waals surface area (Å²) < 4.78 is 35.8. The van der Waals surface area contributed by atoms with Crippen molar-refractivity contribution in [1.82, 2.24) is 9.47 Å². The lowest BCUT2D eigenvalue weighted by Crippen LogP contribution is -2.41. The van der Waals surface area contributed by atoms with Gasteiger partial charge in [0.05, 0.1) is 28.3 Å². The normalized spacial score (nSPS) is 14.7. The summed E-state index contributed by atoms with van der Waals surface area (Å²) in [6, 6.07) is 11.9. The highest BCUT2D eigenvalue weighted by atomic mass is 32.2. The molecule has 33 heavy (non-hydrogen) atoms. The Labute approximate surface area is 196 Å². The third-order valence-corrected chi connectivity index (χ3v) is 8.01. The van der Waals surface area contributed by atoms with Gasteiger partial charge < -0.3 is 9.64 Å². The van der Waals surface area contributed by atoms with Crippen molar-refractivity contribution < 1.29 is 17.9 Å². The van der Waals surface area contributed by atoms with Gasteiger partial charge in [0, 0.05) is 31.7 Å². The van der Waals surface area contributed by atoms with Crippen molar-refractivity contribution in [3.8, 4) is 0 Å². The van der Waals surface area contributed by atoms with Crippen molar-refractivity contribution in [2.24, 2.45) is 0 Å². The van der Waals surface area contributed by atoms with Crippen molar-refractivity contribution >= 4 is 43.2 Å². The largest absolute Gasteiger partial charge is 0.378 e. The number of morpholine rings is 1. The minimum atomic E-state index is -3.81. The predicted molar refractivity (Wildman–Crippen MR) is 129 cm³/mol. The van der Waals surface area contributed by atoms with E-state index in [0.717, 1.165) is 16.9 Å². The Kier molecular flexibility index (Phi) is 6.87. The first kappa shape index (κ1) is 23.5. The molecule has 1 aromatic heterocycles. The molecular formula is C23H27N3O5S2. The molecular weight excluding hydrogens is 462 g/mol. The molecule has 3 aromatic rings. The molecule has 1 amide bonds. The number of aromatic nitrogens is 1. The van der Waals surface area contributed by atoms with Crippen LogP contribution in [-0.4, -0.2) is 50.1 Å². The average molecular weight is 490 g/mol. The second kappa shape index (κ2) is 9.66. The van der Waals surface area contributed by atoms with Gasteiger partial charge >= 0.3 is 4.87 Å². The third-order valence-electron chi connectivity index (χ3n) is 5.69. The van der Waals surface area contributed by atoms with Gasteiger partial charge in [-0.3, -0.25) is 18.9 Å². The van der Waals surface area contributed by atoms with Crippen molar-refractivity contribution in [3.63, 3.8) is 0 Å². The lowest BCUT2D eigenvalue weighted by molar-refractivity contribution is -0.135. The van der Waals surface area contributed by atoms with Gasteiger partial charge in [0.2, 0.25) is 5.91 Å². The Hall–Kier alpha value is -2.69. The van der Waals surface area contributed by atoms with Crippen molar-refractivity contribution in [2.45, 2.75) is 37.6 Å². The highest BCUT2D eigenvalue weighted by Crippen LogP contribution is 2.25. The Morgan fingerprint density at radius 1 is 1.12 bits per heavy atom. The fourth-order valence-electron chi connectivity index (χ4n) is 3.75. The van der Waals surface area contributed by atoms with Crippen LogP contribution in [0.1, 0.15) is 31.7 Å². The number of hydrogen-bond donors (Lipinski definition) is 1. The summed E-state index contributed by atoms with van der Waals surface area (Å²) >= 11 is 0.978. The molecule has 0 bridgehead atoms. The molecule has 4 rings (SSSR count). The van der Waals surface area contributed by atoms with Crippen LogP contribution in [0, 0.1) is 0 Å². The highest BCUT2D eigenvalue weighted by molar-refractivity contribution is 7.92. The maximum atomic E-state index is 12.9. The van der Waals surface area contributed by atoms with Crippen LogP contribution >= 0.6 is 11.3 Å². The molecule has 2 aromatic carbocycles. The third kappa shape index (κ3) is 5.29. The minimum Gasteiger partial charge on any atom is -0.378 e. The monoisotopic (exact) mass is 489 g/mol. The van der Waals surface area contributed by atoms with Crippen LogP contribution in [0.4, 0.5) is 5.69 Å². The molecule has 176 valence electrons. The molecule has 1 aliphatic rings.